The van der Waals surface area contributed by atoms with Gasteiger partial charge in [0, 0.05) is 37.9 Å². The van der Waals surface area contributed by atoms with Gasteiger partial charge in [0.25, 0.3) is 0 Å². The highest BCUT2D eigenvalue weighted by Gasteiger charge is 2.39. The van der Waals surface area contributed by atoms with Crippen LogP contribution in [-0.2, 0) is 16.1 Å². The maximum absolute atomic E-state index is 12.3. The minimum Gasteiger partial charge on any atom is -0.396 e. The summed E-state index contributed by atoms with van der Waals surface area (Å²) in [5.41, 5.74) is 2.09. The summed E-state index contributed by atoms with van der Waals surface area (Å²) in [4.78, 5) is 12.3. The number of carbonyl (C=O) groups is 1. The minimum atomic E-state index is -0.695. The summed E-state index contributed by atoms with van der Waals surface area (Å²) < 4.78 is 5.18. The van der Waals surface area contributed by atoms with Crippen molar-refractivity contribution in [1.82, 2.24) is 0 Å². The molecule has 0 bridgehead atoms. The molecule has 3 N–H and O–H groups in total. The SMILES string of the molecule is COCc1cccc(C(C)[C@H](O)/C=C/[C@H]2[C@H](O)CC(=O)[C@@H]2CCSCCCCO)c1. The van der Waals surface area contributed by atoms with E-state index in [1.165, 1.54) is 0 Å². The fourth-order valence-electron chi connectivity index (χ4n) is 3.96. The van der Waals surface area contributed by atoms with Gasteiger partial charge in [-0.05, 0) is 41.9 Å². The first-order valence-corrected chi connectivity index (χ1v) is 12.0. The Morgan fingerprint density at radius 2 is 2.10 bits per heavy atom. The van der Waals surface area contributed by atoms with Gasteiger partial charge in [-0.15, -0.1) is 0 Å². The first kappa shape index (κ1) is 25.1. The molecule has 6 heteroatoms. The Hall–Kier alpha value is -1.18. The number of aliphatic hydroxyl groups excluding tert-OH is 3. The fourth-order valence-corrected chi connectivity index (χ4v) is 4.99. The maximum atomic E-state index is 12.3. The first-order valence-electron chi connectivity index (χ1n) is 10.8. The van der Waals surface area contributed by atoms with Gasteiger partial charge in [0.05, 0.1) is 18.8 Å². The van der Waals surface area contributed by atoms with Crippen LogP contribution in [0, 0.1) is 11.8 Å². The van der Waals surface area contributed by atoms with Gasteiger partial charge >= 0.3 is 0 Å². The van der Waals surface area contributed by atoms with Gasteiger partial charge in [0.1, 0.15) is 5.78 Å². The van der Waals surface area contributed by atoms with Crippen molar-refractivity contribution in [1.29, 1.82) is 0 Å². The molecule has 0 heterocycles. The maximum Gasteiger partial charge on any atom is 0.139 e. The molecule has 0 spiro atoms. The van der Waals surface area contributed by atoms with Crippen LogP contribution in [0.1, 0.15) is 49.7 Å². The van der Waals surface area contributed by atoms with Crippen LogP contribution in [0.5, 0.6) is 0 Å². The monoisotopic (exact) mass is 436 g/mol. The molecule has 1 aliphatic carbocycles. The molecule has 1 fully saturated rings. The van der Waals surface area contributed by atoms with Gasteiger partial charge in [0.2, 0.25) is 0 Å². The molecule has 30 heavy (non-hydrogen) atoms. The van der Waals surface area contributed by atoms with Crippen molar-refractivity contribution in [3.05, 3.63) is 47.5 Å². The number of carbonyl (C=O) groups excluding carboxylic acids is 1. The number of methoxy groups -OCH3 is 1. The summed E-state index contributed by atoms with van der Waals surface area (Å²) in [5.74, 6) is 1.43. The molecule has 168 valence electrons. The second-order valence-electron chi connectivity index (χ2n) is 8.10. The van der Waals surface area contributed by atoms with E-state index in [4.69, 9.17) is 9.84 Å². The zero-order valence-corrected chi connectivity index (χ0v) is 18.9. The van der Waals surface area contributed by atoms with Gasteiger partial charge in [0.15, 0.2) is 0 Å². The molecule has 1 aromatic carbocycles. The van der Waals surface area contributed by atoms with Crippen LogP contribution in [-0.4, -0.2) is 58.5 Å². The predicted octanol–water partition coefficient (Wildman–Crippen LogP) is 3.32. The number of hydrogen-bond donors (Lipinski definition) is 3. The summed E-state index contributed by atoms with van der Waals surface area (Å²) in [6.45, 7) is 2.72. The van der Waals surface area contributed by atoms with Crippen molar-refractivity contribution in [2.45, 2.75) is 57.3 Å². The highest BCUT2D eigenvalue weighted by molar-refractivity contribution is 7.99. The van der Waals surface area contributed by atoms with Crippen LogP contribution in [0.3, 0.4) is 0 Å². The van der Waals surface area contributed by atoms with E-state index in [0.29, 0.717) is 6.61 Å². The summed E-state index contributed by atoms with van der Waals surface area (Å²) in [7, 11) is 1.66. The number of benzene rings is 1. The number of rotatable bonds is 13. The average Bonchev–Trinajstić information content (AvgIpc) is 3.01. The summed E-state index contributed by atoms with van der Waals surface area (Å²) >= 11 is 1.79. The van der Waals surface area contributed by atoms with Gasteiger partial charge in [-0.25, -0.2) is 0 Å². The highest BCUT2D eigenvalue weighted by Crippen LogP contribution is 2.34. The van der Waals surface area contributed by atoms with E-state index in [1.807, 2.05) is 37.3 Å². The molecule has 0 aromatic heterocycles. The lowest BCUT2D eigenvalue weighted by molar-refractivity contribution is -0.121. The predicted molar refractivity (Wildman–Crippen MR) is 122 cm³/mol. The largest absolute Gasteiger partial charge is 0.396 e. The third-order valence-electron chi connectivity index (χ3n) is 5.83. The topological polar surface area (TPSA) is 87.0 Å². The number of Topliss-reactive ketones (excluding diaryl/α,β-unsaturated/α-hetero) is 1. The number of ether oxygens (including phenoxy) is 1. The second-order valence-corrected chi connectivity index (χ2v) is 9.32. The van der Waals surface area contributed by atoms with Gasteiger partial charge < -0.3 is 20.1 Å². The third-order valence-corrected chi connectivity index (χ3v) is 6.94. The molecular formula is C24H36O5S. The fraction of sp³-hybridized carbons (Fsp3) is 0.625. The van der Waals surface area contributed by atoms with E-state index in [0.717, 1.165) is 41.9 Å². The van der Waals surface area contributed by atoms with E-state index in [-0.39, 0.29) is 36.6 Å². The Labute approximate surface area is 184 Å². The molecule has 1 aliphatic rings. The Kier molecular flexibility index (Phi) is 11.1. The Morgan fingerprint density at radius 3 is 2.83 bits per heavy atom. The lowest BCUT2D eigenvalue weighted by atomic mass is 9.89. The molecule has 1 saturated carbocycles. The van der Waals surface area contributed by atoms with E-state index >= 15 is 0 Å². The summed E-state index contributed by atoms with van der Waals surface area (Å²) in [6, 6.07) is 7.99. The zero-order valence-electron chi connectivity index (χ0n) is 18.1. The van der Waals surface area contributed by atoms with E-state index in [2.05, 4.69) is 0 Å². The first-order chi connectivity index (χ1) is 14.5. The molecule has 0 radical (unpaired) electrons. The van der Waals surface area contributed by atoms with E-state index in [1.54, 1.807) is 24.9 Å². The molecule has 1 aromatic rings. The van der Waals surface area contributed by atoms with Crippen LogP contribution < -0.4 is 0 Å². The Balaban J connectivity index is 1.94. The molecule has 5 nitrogen and oxygen atoms in total. The second kappa shape index (κ2) is 13.3. The number of hydrogen-bond acceptors (Lipinski definition) is 6. The number of thioether (sulfide) groups is 1. The van der Waals surface area contributed by atoms with Crippen LogP contribution in [0.25, 0.3) is 0 Å². The van der Waals surface area contributed by atoms with Crippen molar-refractivity contribution in [2.24, 2.45) is 11.8 Å². The highest BCUT2D eigenvalue weighted by atomic mass is 32.2. The van der Waals surface area contributed by atoms with Crippen molar-refractivity contribution >= 4 is 17.5 Å². The molecule has 5 atom stereocenters. The van der Waals surface area contributed by atoms with Crippen molar-refractivity contribution in [2.75, 3.05) is 25.2 Å². The molecule has 0 amide bonds. The number of unbranched alkanes of at least 4 members (excludes halogenated alkanes) is 1. The Morgan fingerprint density at radius 1 is 1.30 bits per heavy atom. The smallest absolute Gasteiger partial charge is 0.139 e. The van der Waals surface area contributed by atoms with Gasteiger partial charge in [-0.2, -0.15) is 11.8 Å². The van der Waals surface area contributed by atoms with Gasteiger partial charge in [-0.3, -0.25) is 4.79 Å². The molecule has 0 aliphatic heterocycles. The quantitative estimate of drug-likeness (QED) is 0.325. The lowest BCUT2D eigenvalue weighted by Crippen LogP contribution is -2.21. The molecule has 2 rings (SSSR count). The van der Waals surface area contributed by atoms with E-state index < -0.39 is 12.2 Å². The van der Waals surface area contributed by atoms with Crippen LogP contribution in [0.15, 0.2) is 36.4 Å². The zero-order chi connectivity index (χ0) is 21.9. The number of aliphatic hydroxyl groups is 3. The molecule has 1 unspecified atom stereocenters. The third kappa shape index (κ3) is 7.50. The van der Waals surface area contributed by atoms with E-state index in [9.17, 15) is 15.0 Å². The van der Waals surface area contributed by atoms with Crippen molar-refractivity contribution < 1.29 is 24.9 Å². The van der Waals surface area contributed by atoms with Crippen molar-refractivity contribution in [3.63, 3.8) is 0 Å². The van der Waals surface area contributed by atoms with Crippen LogP contribution in [0.4, 0.5) is 0 Å². The van der Waals surface area contributed by atoms with Crippen LogP contribution >= 0.6 is 11.8 Å². The van der Waals surface area contributed by atoms with Crippen molar-refractivity contribution in [3.8, 4) is 0 Å². The Bertz CT molecular complexity index is 677. The standard InChI is InChI=1S/C24H36O5S/c1-17(19-7-5-6-18(14-19)16-29-2)22(26)9-8-20-21(24(28)15-23(20)27)10-13-30-12-4-3-11-25/h5-9,14,17,20-23,25-27H,3-4,10-13,15-16H2,1-2H3/b9-8+/t17?,20-,21-,22-,23-/m1/s1. The van der Waals surface area contributed by atoms with Crippen LogP contribution in [0.2, 0.25) is 0 Å². The minimum absolute atomic E-state index is 0.104. The lowest BCUT2D eigenvalue weighted by Gasteiger charge is -2.20. The normalized spacial score (nSPS) is 23.9. The van der Waals surface area contributed by atoms with Gasteiger partial charge in [-0.1, -0.05) is 43.3 Å². The number of ketones is 1. The molecular weight excluding hydrogens is 400 g/mol. The molecule has 0 saturated heterocycles. The average molecular weight is 437 g/mol. The summed E-state index contributed by atoms with van der Waals surface area (Å²) in [5, 5.41) is 29.9. The summed E-state index contributed by atoms with van der Waals surface area (Å²) in [6.07, 6.45) is 4.92.